The lowest BCUT2D eigenvalue weighted by atomic mass is 9.96. The van der Waals surface area contributed by atoms with E-state index >= 15 is 0 Å². The average molecular weight is 284 g/mol. The van der Waals surface area contributed by atoms with Gasteiger partial charge in [0, 0.05) is 17.1 Å². The molecule has 0 bridgehead atoms. The first-order valence-electron chi connectivity index (χ1n) is 6.10. The fourth-order valence-corrected chi connectivity index (χ4v) is 2.51. The number of hydrogen-bond donors (Lipinski definition) is 1. The van der Waals surface area contributed by atoms with Crippen molar-refractivity contribution in [2.75, 3.05) is 0 Å². The van der Waals surface area contributed by atoms with Crippen molar-refractivity contribution in [1.29, 1.82) is 0 Å². The average Bonchev–Trinajstić information content (AvgIpc) is 2.26. The largest absolute Gasteiger partial charge is 0.408 e. The normalized spacial score (nSPS) is 12.8. The van der Waals surface area contributed by atoms with Crippen LogP contribution >= 0.6 is 11.6 Å². The fourth-order valence-electron chi connectivity index (χ4n) is 1.50. The fraction of sp³-hybridized carbons (Fsp3) is 0.571. The van der Waals surface area contributed by atoms with Crippen LogP contribution in [0.2, 0.25) is 10.1 Å². The number of rotatable bonds is 4. The molecule has 1 aromatic rings. The highest BCUT2D eigenvalue weighted by atomic mass is 35.5. The van der Waals surface area contributed by atoms with Crippen molar-refractivity contribution in [3.8, 4) is 0 Å². The van der Waals surface area contributed by atoms with Gasteiger partial charge in [0.2, 0.25) is 9.76 Å². The van der Waals surface area contributed by atoms with Crippen LogP contribution in [0.1, 0.15) is 45.7 Å². The Morgan fingerprint density at radius 3 is 2.33 bits per heavy atom. The van der Waals surface area contributed by atoms with Gasteiger partial charge in [-0.1, -0.05) is 44.5 Å². The summed E-state index contributed by atoms with van der Waals surface area (Å²) in [6.07, 6.45) is 0. The Kier molecular flexibility index (Phi) is 5.01. The molecular formula is C14H22ClNOSi. The zero-order valence-electron chi connectivity index (χ0n) is 11.8. The minimum Gasteiger partial charge on any atom is -0.408 e. The van der Waals surface area contributed by atoms with Gasteiger partial charge in [-0.3, -0.25) is 0 Å². The molecule has 0 aromatic heterocycles. The van der Waals surface area contributed by atoms with E-state index in [1.165, 1.54) is 0 Å². The van der Waals surface area contributed by atoms with Gasteiger partial charge < -0.3 is 10.2 Å². The molecule has 1 rings (SSSR count). The minimum absolute atomic E-state index is 0.162. The number of halogens is 1. The van der Waals surface area contributed by atoms with E-state index in [4.69, 9.17) is 21.8 Å². The summed E-state index contributed by atoms with van der Waals surface area (Å²) in [4.78, 5) is 0. The molecule has 4 heteroatoms. The van der Waals surface area contributed by atoms with E-state index in [2.05, 4.69) is 20.8 Å². The summed E-state index contributed by atoms with van der Waals surface area (Å²) in [6, 6.07) is 5.88. The monoisotopic (exact) mass is 283 g/mol. The summed E-state index contributed by atoms with van der Waals surface area (Å²) in [7, 11) is 0.422. The molecule has 0 heterocycles. The summed E-state index contributed by atoms with van der Waals surface area (Å²) in [5.41, 5.74) is 7.36. The quantitative estimate of drug-likeness (QED) is 0.851. The van der Waals surface area contributed by atoms with Crippen molar-refractivity contribution < 1.29 is 4.43 Å². The molecule has 2 nitrogen and oxygen atoms in total. The maximum absolute atomic E-state index is 6.27. The highest BCUT2D eigenvalue weighted by Gasteiger charge is 2.27. The van der Waals surface area contributed by atoms with Gasteiger partial charge in [0.1, 0.15) is 0 Å². The van der Waals surface area contributed by atoms with Crippen molar-refractivity contribution in [2.45, 2.75) is 51.8 Å². The molecule has 0 fully saturated rings. The summed E-state index contributed by atoms with van der Waals surface area (Å²) < 4.78 is 6.06. The van der Waals surface area contributed by atoms with Crippen LogP contribution in [0.25, 0.3) is 0 Å². The Morgan fingerprint density at radius 1 is 1.22 bits per heavy atom. The Labute approximate surface area is 118 Å². The van der Waals surface area contributed by atoms with Crippen LogP contribution in [0.5, 0.6) is 0 Å². The summed E-state index contributed by atoms with van der Waals surface area (Å²) >= 11 is 6.27. The van der Waals surface area contributed by atoms with Crippen molar-refractivity contribution >= 4 is 21.4 Å². The molecule has 0 aliphatic rings. The van der Waals surface area contributed by atoms with E-state index in [1.54, 1.807) is 0 Å². The molecule has 2 N–H and O–H groups in total. The Morgan fingerprint density at radius 2 is 1.83 bits per heavy atom. The third-order valence-corrected chi connectivity index (χ3v) is 4.08. The minimum atomic E-state index is -0.395. The lowest BCUT2D eigenvalue weighted by Gasteiger charge is -2.30. The molecule has 18 heavy (non-hydrogen) atoms. The van der Waals surface area contributed by atoms with Gasteiger partial charge in [-0.2, -0.15) is 0 Å². The van der Waals surface area contributed by atoms with Crippen LogP contribution in [0.4, 0.5) is 0 Å². The Balaban J connectivity index is 2.96. The third kappa shape index (κ3) is 4.39. The van der Waals surface area contributed by atoms with E-state index in [0.717, 1.165) is 16.1 Å². The Bertz CT molecular complexity index is 413. The molecular weight excluding hydrogens is 262 g/mol. The second-order valence-corrected chi connectivity index (χ2v) is 8.30. The topological polar surface area (TPSA) is 35.2 Å². The second kappa shape index (κ2) is 5.74. The van der Waals surface area contributed by atoms with Crippen molar-refractivity contribution in [1.82, 2.24) is 0 Å². The molecule has 0 unspecified atom stereocenters. The van der Waals surface area contributed by atoms with Gasteiger partial charge in [-0.15, -0.1) is 0 Å². The number of nitrogens with two attached hydrogens (primary N) is 1. The molecule has 0 amide bonds. The highest BCUT2D eigenvalue weighted by Crippen LogP contribution is 2.33. The molecule has 2 radical (unpaired) electrons. The lowest BCUT2D eigenvalue weighted by molar-refractivity contribution is 0.109. The predicted molar refractivity (Wildman–Crippen MR) is 78.9 cm³/mol. The molecule has 0 atom stereocenters. The van der Waals surface area contributed by atoms with E-state index < -0.39 is 5.60 Å². The van der Waals surface area contributed by atoms with Gasteiger partial charge in [-0.05, 0) is 30.5 Å². The molecule has 0 aliphatic heterocycles. The van der Waals surface area contributed by atoms with E-state index in [-0.39, 0.29) is 5.04 Å². The standard InChI is InChI=1S/C14H22ClNOSi/c1-13(2,3)18-17-14(4,5)11-8-10(9-16)6-7-12(11)15/h6-8H,9,16H2,1-5H3. The van der Waals surface area contributed by atoms with Gasteiger partial charge >= 0.3 is 0 Å². The van der Waals surface area contributed by atoms with Crippen LogP contribution < -0.4 is 5.73 Å². The van der Waals surface area contributed by atoms with Crippen molar-refractivity contribution in [2.24, 2.45) is 5.73 Å². The summed E-state index contributed by atoms with van der Waals surface area (Å²) in [6.45, 7) is 11.1. The van der Waals surface area contributed by atoms with Gasteiger partial charge in [0.25, 0.3) is 0 Å². The first-order valence-corrected chi connectivity index (χ1v) is 7.38. The third-order valence-electron chi connectivity index (χ3n) is 2.53. The smallest absolute Gasteiger partial charge is 0.236 e. The van der Waals surface area contributed by atoms with Gasteiger partial charge in [0.05, 0.1) is 5.60 Å². The molecule has 100 valence electrons. The molecule has 0 spiro atoms. The molecule has 0 saturated heterocycles. The van der Waals surface area contributed by atoms with Crippen LogP contribution in [0.15, 0.2) is 18.2 Å². The van der Waals surface area contributed by atoms with Gasteiger partial charge in [0.15, 0.2) is 0 Å². The Hall–Kier alpha value is -0.353. The maximum atomic E-state index is 6.27. The molecule has 0 saturated carbocycles. The zero-order chi connectivity index (χ0) is 14.0. The SMILES string of the molecule is CC(C)(C)[Si]OC(C)(C)c1cc(CN)ccc1Cl. The highest BCUT2D eigenvalue weighted by molar-refractivity contribution is 6.32. The van der Waals surface area contributed by atoms with E-state index in [9.17, 15) is 0 Å². The zero-order valence-corrected chi connectivity index (χ0v) is 13.6. The molecule has 0 aliphatic carbocycles. The van der Waals surface area contributed by atoms with Crippen molar-refractivity contribution in [3.05, 3.63) is 34.3 Å². The first-order chi connectivity index (χ1) is 8.15. The second-order valence-electron chi connectivity index (χ2n) is 5.98. The number of benzene rings is 1. The van der Waals surface area contributed by atoms with Crippen LogP contribution in [-0.4, -0.2) is 9.76 Å². The van der Waals surface area contributed by atoms with Crippen molar-refractivity contribution in [3.63, 3.8) is 0 Å². The van der Waals surface area contributed by atoms with Crippen LogP contribution in [-0.2, 0) is 16.6 Å². The number of hydrogen-bond acceptors (Lipinski definition) is 2. The van der Waals surface area contributed by atoms with Crippen LogP contribution in [0.3, 0.4) is 0 Å². The van der Waals surface area contributed by atoms with E-state index in [0.29, 0.717) is 16.3 Å². The van der Waals surface area contributed by atoms with E-state index in [1.807, 2.05) is 32.0 Å². The van der Waals surface area contributed by atoms with Gasteiger partial charge in [-0.25, -0.2) is 0 Å². The lowest BCUT2D eigenvalue weighted by Crippen LogP contribution is -2.28. The predicted octanol–water partition coefficient (Wildman–Crippen LogP) is 3.89. The maximum Gasteiger partial charge on any atom is 0.236 e. The summed E-state index contributed by atoms with van der Waals surface area (Å²) in [5.74, 6) is 0. The summed E-state index contributed by atoms with van der Waals surface area (Å²) in [5, 5.41) is 0.894. The molecule has 1 aromatic carbocycles. The van der Waals surface area contributed by atoms with Crippen LogP contribution in [0, 0.1) is 0 Å². The first kappa shape index (κ1) is 15.7.